The molecule has 0 amide bonds. The Kier molecular flexibility index (Phi) is 7.45. The Labute approximate surface area is 324 Å². The van der Waals surface area contributed by atoms with Crippen LogP contribution in [0, 0.1) is 0 Å². The fourth-order valence-electron chi connectivity index (χ4n) is 8.65. The van der Waals surface area contributed by atoms with Crippen LogP contribution in [0.4, 0.5) is 0 Å². The third-order valence-corrected chi connectivity index (χ3v) is 14.2. The Morgan fingerprint density at radius 3 is 1.46 bits per heavy atom. The van der Waals surface area contributed by atoms with Gasteiger partial charge in [-0.15, -0.1) is 0 Å². The summed E-state index contributed by atoms with van der Waals surface area (Å²) in [5.74, 6) is 2.84. The normalized spacial score (nSPS) is 12.3. The molecule has 264 valence electrons. The number of benzene rings is 10. The zero-order valence-electron chi connectivity index (χ0n) is 30.2. The van der Waals surface area contributed by atoms with Crippen LogP contribution < -0.4 is 25.4 Å². The maximum atomic E-state index is 15.5. The highest BCUT2D eigenvalue weighted by atomic mass is 31.2. The molecule has 0 radical (unpaired) electrons. The Hall–Kier alpha value is -6.93. The van der Waals surface area contributed by atoms with Gasteiger partial charge in [0.1, 0.15) is 0 Å². The molecule has 10 aromatic carbocycles. The summed E-state index contributed by atoms with van der Waals surface area (Å²) >= 11 is 0. The van der Waals surface area contributed by atoms with Crippen molar-refractivity contribution in [1.29, 1.82) is 0 Å². The molecule has 0 spiro atoms. The van der Waals surface area contributed by atoms with Crippen LogP contribution in [0.25, 0.3) is 65.3 Å². The van der Waals surface area contributed by atoms with Gasteiger partial charge in [-0.05, 0) is 72.8 Å². The standard InChI is InChI=1S/C52H33O3P/c53-56(36-18-3-1-4-19-36,37-20-5-2-6-21-37)38-22-15-17-35(32-38)49-41-25-10-12-27-43(41)50(44-28-13-11-26-42(44)49)46-33-48-52(45-29-14-9-24-40(45)46)54-47-31-30-34-16-7-8-23-39(34)51(47)55-48/h1-33H. The van der Waals surface area contributed by atoms with E-state index in [2.05, 4.69) is 115 Å². The Morgan fingerprint density at radius 1 is 0.339 bits per heavy atom. The van der Waals surface area contributed by atoms with Crippen LogP contribution in [0.2, 0.25) is 0 Å². The van der Waals surface area contributed by atoms with Gasteiger partial charge in [0.15, 0.2) is 30.1 Å². The van der Waals surface area contributed by atoms with Crippen LogP contribution in [-0.2, 0) is 4.57 Å². The molecule has 56 heavy (non-hydrogen) atoms. The highest BCUT2D eigenvalue weighted by molar-refractivity contribution is 7.85. The fourth-order valence-corrected chi connectivity index (χ4v) is 11.3. The highest BCUT2D eigenvalue weighted by Gasteiger charge is 2.31. The van der Waals surface area contributed by atoms with Crippen LogP contribution >= 0.6 is 7.14 Å². The van der Waals surface area contributed by atoms with E-state index in [4.69, 9.17) is 9.47 Å². The summed E-state index contributed by atoms with van der Waals surface area (Å²) in [6.07, 6.45) is 0. The minimum Gasteiger partial charge on any atom is -0.449 e. The number of fused-ring (bicyclic) bond motifs is 8. The average molecular weight is 737 g/mol. The van der Waals surface area contributed by atoms with Crippen molar-refractivity contribution < 1.29 is 14.0 Å². The van der Waals surface area contributed by atoms with Gasteiger partial charge in [0.2, 0.25) is 0 Å². The molecule has 3 nitrogen and oxygen atoms in total. The third kappa shape index (κ3) is 4.95. The van der Waals surface area contributed by atoms with Crippen molar-refractivity contribution in [2.45, 2.75) is 0 Å². The van der Waals surface area contributed by atoms with E-state index in [1.807, 2.05) is 84.9 Å². The number of hydrogen-bond donors (Lipinski definition) is 0. The summed E-state index contributed by atoms with van der Waals surface area (Å²) in [6.45, 7) is 0. The van der Waals surface area contributed by atoms with Crippen molar-refractivity contribution in [3.63, 3.8) is 0 Å². The lowest BCUT2D eigenvalue weighted by atomic mass is 9.84. The van der Waals surface area contributed by atoms with Crippen molar-refractivity contribution in [2.75, 3.05) is 0 Å². The van der Waals surface area contributed by atoms with Gasteiger partial charge in [-0.3, -0.25) is 0 Å². The molecule has 4 heteroatoms. The summed E-state index contributed by atoms with van der Waals surface area (Å²) in [6, 6.07) is 68.4. The molecule has 11 rings (SSSR count). The molecule has 0 aromatic heterocycles. The lowest BCUT2D eigenvalue weighted by Gasteiger charge is -2.25. The molecule has 0 fully saturated rings. The highest BCUT2D eigenvalue weighted by Crippen LogP contribution is 2.55. The van der Waals surface area contributed by atoms with Crippen LogP contribution in [0.3, 0.4) is 0 Å². The van der Waals surface area contributed by atoms with E-state index in [0.29, 0.717) is 11.5 Å². The molecule has 0 bridgehead atoms. The molecule has 0 N–H and O–H groups in total. The van der Waals surface area contributed by atoms with E-state index in [9.17, 15) is 0 Å². The van der Waals surface area contributed by atoms with E-state index in [-0.39, 0.29) is 0 Å². The zero-order chi connectivity index (χ0) is 37.2. The molecule has 1 aliphatic rings. The number of hydrogen-bond acceptors (Lipinski definition) is 3. The van der Waals surface area contributed by atoms with Crippen molar-refractivity contribution in [3.8, 4) is 45.3 Å². The summed E-state index contributed by atoms with van der Waals surface area (Å²) in [5.41, 5.74) is 4.32. The van der Waals surface area contributed by atoms with Gasteiger partial charge >= 0.3 is 0 Å². The molecule has 0 saturated carbocycles. The third-order valence-electron chi connectivity index (χ3n) is 11.2. The van der Waals surface area contributed by atoms with Gasteiger partial charge in [-0.25, -0.2) is 0 Å². The van der Waals surface area contributed by atoms with Crippen LogP contribution in [0.5, 0.6) is 23.0 Å². The first-order valence-electron chi connectivity index (χ1n) is 18.9. The minimum atomic E-state index is -3.21. The maximum Gasteiger partial charge on any atom is 0.177 e. The Bertz CT molecular complexity index is 3130. The van der Waals surface area contributed by atoms with E-state index in [1.54, 1.807) is 0 Å². The quantitative estimate of drug-likeness (QED) is 0.130. The minimum absolute atomic E-state index is 0.685. The van der Waals surface area contributed by atoms with Crippen molar-refractivity contribution in [3.05, 3.63) is 200 Å². The molecular weight excluding hydrogens is 704 g/mol. The Morgan fingerprint density at radius 2 is 0.821 bits per heavy atom. The van der Waals surface area contributed by atoms with Gasteiger partial charge in [-0.2, -0.15) is 0 Å². The first kappa shape index (κ1) is 32.5. The van der Waals surface area contributed by atoms with Crippen LogP contribution in [0.1, 0.15) is 0 Å². The van der Waals surface area contributed by atoms with Crippen molar-refractivity contribution in [2.24, 2.45) is 0 Å². The van der Waals surface area contributed by atoms with E-state index in [0.717, 1.165) is 92.8 Å². The maximum absolute atomic E-state index is 15.5. The molecule has 0 saturated heterocycles. The molecule has 1 heterocycles. The summed E-state index contributed by atoms with van der Waals surface area (Å²) < 4.78 is 29.1. The number of ether oxygens (including phenoxy) is 2. The van der Waals surface area contributed by atoms with Gasteiger partial charge in [0, 0.05) is 26.7 Å². The fraction of sp³-hybridized carbons (Fsp3) is 0. The number of rotatable bonds is 5. The first-order chi connectivity index (χ1) is 27.7. The van der Waals surface area contributed by atoms with Crippen molar-refractivity contribution >= 4 is 66.1 Å². The SMILES string of the molecule is O=P(c1ccccc1)(c1ccccc1)c1cccc(-c2c3ccccc3c(-c3cc4c(c5ccccc35)Oc3ccc5ccccc5c3O4)c3ccccc23)c1. The van der Waals surface area contributed by atoms with Crippen molar-refractivity contribution in [1.82, 2.24) is 0 Å². The van der Waals surface area contributed by atoms with E-state index < -0.39 is 7.14 Å². The van der Waals surface area contributed by atoms with E-state index >= 15 is 4.57 Å². The smallest absolute Gasteiger partial charge is 0.177 e. The topological polar surface area (TPSA) is 35.5 Å². The lowest BCUT2D eigenvalue weighted by Crippen LogP contribution is -2.25. The second-order valence-electron chi connectivity index (χ2n) is 14.3. The monoisotopic (exact) mass is 736 g/mol. The summed E-state index contributed by atoms with van der Waals surface area (Å²) in [4.78, 5) is 0. The molecular formula is C52H33O3P. The molecule has 10 aromatic rings. The molecule has 1 aliphatic heterocycles. The predicted octanol–water partition coefficient (Wildman–Crippen LogP) is 13.2. The van der Waals surface area contributed by atoms with Gasteiger partial charge in [0.05, 0.1) is 0 Å². The second kappa shape index (κ2) is 12.8. The first-order valence-corrected chi connectivity index (χ1v) is 20.6. The molecule has 0 unspecified atom stereocenters. The van der Waals surface area contributed by atoms with Crippen LogP contribution in [-0.4, -0.2) is 0 Å². The lowest BCUT2D eigenvalue weighted by molar-refractivity contribution is 0.367. The predicted molar refractivity (Wildman–Crippen MR) is 233 cm³/mol. The zero-order valence-corrected chi connectivity index (χ0v) is 31.1. The molecule has 0 aliphatic carbocycles. The van der Waals surface area contributed by atoms with Gasteiger partial charge < -0.3 is 14.0 Å². The largest absolute Gasteiger partial charge is 0.449 e. The van der Waals surface area contributed by atoms with E-state index in [1.165, 1.54) is 0 Å². The van der Waals surface area contributed by atoms with Crippen LogP contribution in [0.15, 0.2) is 200 Å². The average Bonchev–Trinajstić information content (AvgIpc) is 3.27. The van der Waals surface area contributed by atoms with Gasteiger partial charge in [0.25, 0.3) is 0 Å². The molecule has 0 atom stereocenters. The Balaban J connectivity index is 1.16. The summed E-state index contributed by atoms with van der Waals surface area (Å²) in [7, 11) is -3.21. The summed E-state index contributed by atoms with van der Waals surface area (Å²) in [5, 5.41) is 11.1. The van der Waals surface area contributed by atoms with Gasteiger partial charge in [-0.1, -0.05) is 182 Å². The second-order valence-corrected chi connectivity index (χ2v) is 17.1.